The van der Waals surface area contributed by atoms with Crippen molar-refractivity contribution in [3.05, 3.63) is 0 Å². The summed E-state index contributed by atoms with van der Waals surface area (Å²) < 4.78 is 10.3. The van der Waals surface area contributed by atoms with Gasteiger partial charge >= 0.3 is 5.97 Å². The molecule has 2 rings (SSSR count). The van der Waals surface area contributed by atoms with Gasteiger partial charge in [-0.2, -0.15) is 0 Å². The van der Waals surface area contributed by atoms with Crippen LogP contribution in [0.4, 0.5) is 0 Å². The van der Waals surface area contributed by atoms with Crippen LogP contribution >= 0.6 is 0 Å². The van der Waals surface area contributed by atoms with E-state index in [0.29, 0.717) is 6.61 Å². The van der Waals surface area contributed by atoms with Gasteiger partial charge in [0.25, 0.3) is 0 Å². The molecule has 1 atom stereocenters. The minimum atomic E-state index is -0.224. The minimum Gasteiger partial charge on any atom is -0.464 e. The highest BCUT2D eigenvalue weighted by atomic mass is 16.7. The fourth-order valence-corrected chi connectivity index (χ4v) is 1.65. The molecule has 0 amide bonds. The smallest absolute Gasteiger partial charge is 0.338 e. The molecular weight excluding hydrogens is 156 g/mol. The van der Waals surface area contributed by atoms with E-state index in [0.717, 1.165) is 19.3 Å². The molecule has 0 bridgehead atoms. The number of hydrogen-bond donors (Lipinski definition) is 0. The molecule has 0 aromatic carbocycles. The highest BCUT2D eigenvalue weighted by molar-refractivity contribution is 5.79. The van der Waals surface area contributed by atoms with E-state index in [1.807, 2.05) is 6.92 Å². The largest absolute Gasteiger partial charge is 0.464 e. The highest BCUT2D eigenvalue weighted by Crippen LogP contribution is 2.52. The normalized spacial score (nSPS) is 29.6. The third-order valence-electron chi connectivity index (χ3n) is 2.64. The first-order chi connectivity index (χ1) is 5.78. The van der Waals surface area contributed by atoms with E-state index >= 15 is 0 Å². The standard InChI is InChI=1S/C9H14O3/c1-2-6-11-8(10)7-9(12-7)4-3-5-9/h7H,2-6H2,1H3. The Labute approximate surface area is 72.0 Å². The zero-order valence-corrected chi connectivity index (χ0v) is 7.34. The number of rotatable bonds is 3. The third kappa shape index (κ3) is 1.12. The molecule has 0 radical (unpaired) electrons. The van der Waals surface area contributed by atoms with Crippen molar-refractivity contribution in [2.45, 2.75) is 44.3 Å². The summed E-state index contributed by atoms with van der Waals surface area (Å²) in [4.78, 5) is 11.2. The minimum absolute atomic E-state index is 0.0647. The van der Waals surface area contributed by atoms with Crippen LogP contribution in [0, 0.1) is 0 Å². The van der Waals surface area contributed by atoms with Crippen LogP contribution in [-0.2, 0) is 14.3 Å². The van der Waals surface area contributed by atoms with Crippen LogP contribution in [0.25, 0.3) is 0 Å². The number of esters is 1. The van der Waals surface area contributed by atoms with Gasteiger partial charge in [-0.3, -0.25) is 0 Å². The molecule has 1 aliphatic carbocycles. The molecule has 2 aliphatic rings. The van der Waals surface area contributed by atoms with Gasteiger partial charge in [0, 0.05) is 0 Å². The van der Waals surface area contributed by atoms with E-state index in [1.165, 1.54) is 6.42 Å². The molecule has 1 spiro atoms. The molecule has 2 fully saturated rings. The van der Waals surface area contributed by atoms with Crippen LogP contribution in [0.1, 0.15) is 32.6 Å². The molecule has 1 saturated heterocycles. The lowest BCUT2D eigenvalue weighted by Gasteiger charge is -2.20. The first kappa shape index (κ1) is 8.05. The molecule has 0 aromatic rings. The van der Waals surface area contributed by atoms with Crippen molar-refractivity contribution in [1.82, 2.24) is 0 Å². The summed E-state index contributed by atoms with van der Waals surface area (Å²) in [6, 6.07) is 0. The number of carbonyl (C=O) groups excluding carboxylic acids is 1. The van der Waals surface area contributed by atoms with E-state index in [-0.39, 0.29) is 17.7 Å². The Balaban J connectivity index is 1.76. The quantitative estimate of drug-likeness (QED) is 0.473. The monoisotopic (exact) mass is 170 g/mol. The molecule has 3 nitrogen and oxygen atoms in total. The Bertz CT molecular complexity index is 196. The third-order valence-corrected chi connectivity index (χ3v) is 2.64. The van der Waals surface area contributed by atoms with Gasteiger partial charge in [0.15, 0.2) is 6.10 Å². The predicted octanol–water partition coefficient (Wildman–Crippen LogP) is 1.26. The second kappa shape index (κ2) is 2.73. The van der Waals surface area contributed by atoms with Crippen LogP contribution in [-0.4, -0.2) is 24.3 Å². The van der Waals surface area contributed by atoms with Crippen LogP contribution in [0.15, 0.2) is 0 Å². The maximum atomic E-state index is 11.2. The van der Waals surface area contributed by atoms with Crippen molar-refractivity contribution in [1.29, 1.82) is 0 Å². The van der Waals surface area contributed by atoms with Gasteiger partial charge in [0.05, 0.1) is 6.61 Å². The molecule has 0 aromatic heterocycles. The maximum absolute atomic E-state index is 11.2. The summed E-state index contributed by atoms with van der Waals surface area (Å²) in [5.41, 5.74) is -0.0647. The van der Waals surface area contributed by atoms with Gasteiger partial charge in [-0.05, 0) is 25.7 Å². The Morgan fingerprint density at radius 1 is 1.67 bits per heavy atom. The second-order valence-electron chi connectivity index (χ2n) is 3.58. The molecule has 68 valence electrons. The van der Waals surface area contributed by atoms with Crippen molar-refractivity contribution in [3.8, 4) is 0 Å². The van der Waals surface area contributed by atoms with E-state index in [4.69, 9.17) is 9.47 Å². The number of ether oxygens (including phenoxy) is 2. The van der Waals surface area contributed by atoms with Crippen molar-refractivity contribution >= 4 is 5.97 Å². The van der Waals surface area contributed by atoms with Gasteiger partial charge in [-0.25, -0.2) is 4.79 Å². The first-order valence-corrected chi connectivity index (χ1v) is 4.63. The zero-order chi connectivity index (χ0) is 8.60. The van der Waals surface area contributed by atoms with Crippen LogP contribution in [0.2, 0.25) is 0 Å². The van der Waals surface area contributed by atoms with Crippen LogP contribution in [0.5, 0.6) is 0 Å². The van der Waals surface area contributed by atoms with Gasteiger partial charge in [-0.15, -0.1) is 0 Å². The topological polar surface area (TPSA) is 38.8 Å². The summed E-state index contributed by atoms with van der Waals surface area (Å²) >= 11 is 0. The Morgan fingerprint density at radius 3 is 2.83 bits per heavy atom. The number of carbonyl (C=O) groups is 1. The zero-order valence-electron chi connectivity index (χ0n) is 7.34. The van der Waals surface area contributed by atoms with Crippen LogP contribution < -0.4 is 0 Å². The first-order valence-electron chi connectivity index (χ1n) is 4.63. The summed E-state index contributed by atoms with van der Waals surface area (Å²) in [5.74, 6) is -0.156. The average Bonchev–Trinajstić information content (AvgIpc) is 2.73. The Hall–Kier alpha value is -0.570. The molecule has 0 N–H and O–H groups in total. The fourth-order valence-electron chi connectivity index (χ4n) is 1.65. The maximum Gasteiger partial charge on any atom is 0.338 e. The van der Waals surface area contributed by atoms with Gasteiger partial charge in [-0.1, -0.05) is 6.92 Å². The van der Waals surface area contributed by atoms with Gasteiger partial charge in [0.2, 0.25) is 0 Å². The van der Waals surface area contributed by atoms with Crippen molar-refractivity contribution in [2.75, 3.05) is 6.61 Å². The lowest BCUT2D eigenvalue weighted by atomic mass is 9.82. The van der Waals surface area contributed by atoms with E-state index in [1.54, 1.807) is 0 Å². The van der Waals surface area contributed by atoms with E-state index in [2.05, 4.69) is 0 Å². The lowest BCUT2D eigenvalue weighted by Crippen LogP contribution is -2.29. The van der Waals surface area contributed by atoms with Gasteiger partial charge in [0.1, 0.15) is 5.60 Å². The Kier molecular flexibility index (Phi) is 1.83. The summed E-state index contributed by atoms with van der Waals surface area (Å²) in [5, 5.41) is 0. The molecule has 1 aliphatic heterocycles. The summed E-state index contributed by atoms with van der Waals surface area (Å²) in [6.07, 6.45) is 3.93. The van der Waals surface area contributed by atoms with E-state index in [9.17, 15) is 4.79 Å². The highest BCUT2D eigenvalue weighted by Gasteiger charge is 2.64. The van der Waals surface area contributed by atoms with E-state index < -0.39 is 0 Å². The lowest BCUT2D eigenvalue weighted by molar-refractivity contribution is -0.145. The van der Waals surface area contributed by atoms with Crippen LogP contribution in [0.3, 0.4) is 0 Å². The number of epoxide rings is 1. The summed E-state index contributed by atoms with van der Waals surface area (Å²) in [6.45, 7) is 2.51. The van der Waals surface area contributed by atoms with Crippen molar-refractivity contribution in [3.63, 3.8) is 0 Å². The second-order valence-corrected chi connectivity index (χ2v) is 3.58. The van der Waals surface area contributed by atoms with Gasteiger partial charge < -0.3 is 9.47 Å². The Morgan fingerprint density at radius 2 is 2.42 bits per heavy atom. The predicted molar refractivity (Wildman–Crippen MR) is 42.7 cm³/mol. The number of hydrogen-bond acceptors (Lipinski definition) is 3. The molecule has 1 unspecified atom stereocenters. The van der Waals surface area contributed by atoms with Crippen molar-refractivity contribution < 1.29 is 14.3 Å². The molecule has 1 heterocycles. The van der Waals surface area contributed by atoms with Crippen molar-refractivity contribution in [2.24, 2.45) is 0 Å². The molecule has 12 heavy (non-hydrogen) atoms. The molecule has 1 saturated carbocycles. The molecular formula is C9H14O3. The molecule has 3 heteroatoms. The average molecular weight is 170 g/mol. The SMILES string of the molecule is CCCOC(=O)C1OC12CCC2. The fraction of sp³-hybridized carbons (Fsp3) is 0.889. The summed E-state index contributed by atoms with van der Waals surface area (Å²) in [7, 11) is 0.